The minimum atomic E-state index is -0.468. The molecule has 0 spiro atoms. The Morgan fingerprint density at radius 3 is 2.52 bits per heavy atom. The fraction of sp³-hybridized carbons (Fsp3) is 0.150. The minimum absolute atomic E-state index is 0.0506. The van der Waals surface area contributed by atoms with Crippen LogP contribution in [0.5, 0.6) is 11.5 Å². The number of rotatable bonds is 6. The van der Waals surface area contributed by atoms with Crippen molar-refractivity contribution in [3.8, 4) is 11.5 Å². The highest BCUT2D eigenvalue weighted by Crippen LogP contribution is 2.21. The molecule has 2 rings (SSSR count). The summed E-state index contributed by atoms with van der Waals surface area (Å²) in [5.41, 5.74) is 6.41. The maximum absolute atomic E-state index is 11.9. The molecule has 2 aromatic carbocycles. The number of aryl methyl sites for hydroxylation is 1. The molecule has 152 valence electrons. The maximum Gasteiger partial charge on any atom is 0.276 e. The molecule has 0 unspecified atom stereocenters. The highest BCUT2D eigenvalue weighted by atomic mass is 35.5. The van der Waals surface area contributed by atoms with Gasteiger partial charge in [-0.05, 0) is 66.7 Å². The standard InChI is InChI=1S/C20H20ClN3O4S/c1-13-11-15(21)6-9-17(13)28-12-19(26)23-24-20(29)22-18(25)10-5-14-3-7-16(27-2)8-4-14/h3-11H,12H2,1-2H3,(H,23,26)(H2,22,24,25,29). The highest BCUT2D eigenvalue weighted by Gasteiger charge is 2.07. The van der Waals surface area contributed by atoms with Gasteiger partial charge in [0.1, 0.15) is 11.5 Å². The lowest BCUT2D eigenvalue weighted by Gasteiger charge is -2.11. The Labute approximate surface area is 179 Å². The first-order chi connectivity index (χ1) is 13.9. The lowest BCUT2D eigenvalue weighted by molar-refractivity contribution is -0.123. The van der Waals surface area contributed by atoms with Gasteiger partial charge in [0.25, 0.3) is 5.91 Å². The van der Waals surface area contributed by atoms with E-state index in [1.807, 2.05) is 19.1 Å². The summed E-state index contributed by atoms with van der Waals surface area (Å²) in [5.74, 6) is 0.359. The van der Waals surface area contributed by atoms with E-state index < -0.39 is 11.8 Å². The number of ether oxygens (including phenoxy) is 2. The van der Waals surface area contributed by atoms with Crippen LogP contribution in [0.3, 0.4) is 0 Å². The number of hydrogen-bond acceptors (Lipinski definition) is 5. The number of carbonyl (C=O) groups excluding carboxylic acids is 2. The van der Waals surface area contributed by atoms with Gasteiger partial charge in [0.2, 0.25) is 5.91 Å². The molecule has 0 radical (unpaired) electrons. The smallest absolute Gasteiger partial charge is 0.276 e. The zero-order valence-electron chi connectivity index (χ0n) is 15.8. The molecule has 0 fully saturated rings. The first-order valence-corrected chi connectivity index (χ1v) is 9.27. The third-order valence-corrected chi connectivity index (χ3v) is 4.03. The van der Waals surface area contributed by atoms with E-state index >= 15 is 0 Å². The van der Waals surface area contributed by atoms with E-state index in [2.05, 4.69) is 16.2 Å². The van der Waals surface area contributed by atoms with E-state index in [1.54, 1.807) is 43.5 Å². The number of hydrazine groups is 1. The summed E-state index contributed by atoms with van der Waals surface area (Å²) in [7, 11) is 1.58. The van der Waals surface area contributed by atoms with Gasteiger partial charge in [0.15, 0.2) is 11.7 Å². The quantitative estimate of drug-likeness (QED) is 0.369. The lowest BCUT2D eigenvalue weighted by atomic mass is 10.2. The number of hydrogen-bond donors (Lipinski definition) is 3. The van der Waals surface area contributed by atoms with Crippen molar-refractivity contribution in [3.63, 3.8) is 0 Å². The van der Waals surface area contributed by atoms with Crippen LogP contribution in [0.4, 0.5) is 0 Å². The molecule has 0 atom stereocenters. The number of carbonyl (C=O) groups is 2. The van der Waals surface area contributed by atoms with Crippen LogP contribution in [0.25, 0.3) is 6.08 Å². The Morgan fingerprint density at radius 1 is 1.14 bits per heavy atom. The molecule has 2 aromatic rings. The average molecular weight is 434 g/mol. The summed E-state index contributed by atoms with van der Waals surface area (Å²) in [5, 5.41) is 2.95. The Kier molecular flexibility index (Phi) is 8.45. The van der Waals surface area contributed by atoms with Crippen LogP contribution in [0, 0.1) is 6.92 Å². The first-order valence-electron chi connectivity index (χ1n) is 8.48. The summed E-state index contributed by atoms with van der Waals surface area (Å²) < 4.78 is 10.5. The molecule has 7 nitrogen and oxygen atoms in total. The summed E-state index contributed by atoms with van der Waals surface area (Å²) in [6, 6.07) is 12.3. The van der Waals surface area contributed by atoms with Gasteiger partial charge >= 0.3 is 0 Å². The Bertz CT molecular complexity index is 916. The topological polar surface area (TPSA) is 88.7 Å². The summed E-state index contributed by atoms with van der Waals surface area (Å²) in [6.45, 7) is 1.59. The molecule has 0 saturated heterocycles. The van der Waals surface area contributed by atoms with Gasteiger partial charge in [-0.15, -0.1) is 0 Å². The van der Waals surface area contributed by atoms with Gasteiger partial charge in [-0.2, -0.15) is 0 Å². The number of amides is 2. The molecule has 0 bridgehead atoms. The molecule has 2 amide bonds. The third kappa shape index (κ3) is 7.81. The predicted molar refractivity (Wildman–Crippen MR) is 116 cm³/mol. The fourth-order valence-corrected chi connectivity index (χ4v) is 2.53. The number of benzene rings is 2. The normalized spacial score (nSPS) is 10.3. The van der Waals surface area contributed by atoms with E-state index in [-0.39, 0.29) is 11.7 Å². The van der Waals surface area contributed by atoms with Crippen molar-refractivity contribution in [2.75, 3.05) is 13.7 Å². The fourth-order valence-electron chi connectivity index (χ4n) is 2.15. The Hall–Kier alpha value is -3.10. The molecule has 9 heteroatoms. The molecule has 0 aliphatic heterocycles. The second-order valence-electron chi connectivity index (χ2n) is 5.80. The molecule has 29 heavy (non-hydrogen) atoms. The number of thiocarbonyl (C=S) groups is 1. The van der Waals surface area contributed by atoms with Crippen LogP contribution in [-0.2, 0) is 9.59 Å². The number of halogens is 1. The SMILES string of the molecule is COc1ccc(C=CC(=O)NC(=S)NNC(=O)COc2ccc(Cl)cc2C)cc1. The second kappa shape index (κ2) is 11.0. The van der Waals surface area contributed by atoms with Crippen molar-refractivity contribution in [1.82, 2.24) is 16.2 Å². The predicted octanol–water partition coefficient (Wildman–Crippen LogP) is 2.77. The molecule has 0 aliphatic rings. The molecular weight excluding hydrogens is 414 g/mol. The van der Waals surface area contributed by atoms with E-state index in [0.717, 1.165) is 16.9 Å². The van der Waals surface area contributed by atoms with Crippen molar-refractivity contribution in [2.24, 2.45) is 0 Å². The monoisotopic (exact) mass is 433 g/mol. The van der Waals surface area contributed by atoms with Gasteiger partial charge in [-0.3, -0.25) is 25.8 Å². The molecular formula is C20H20ClN3O4S. The van der Waals surface area contributed by atoms with Crippen molar-refractivity contribution in [2.45, 2.75) is 6.92 Å². The van der Waals surface area contributed by atoms with Gasteiger partial charge in [0.05, 0.1) is 7.11 Å². The van der Waals surface area contributed by atoms with Crippen molar-refractivity contribution in [1.29, 1.82) is 0 Å². The van der Waals surface area contributed by atoms with Gasteiger partial charge in [-0.25, -0.2) is 0 Å². The van der Waals surface area contributed by atoms with Crippen molar-refractivity contribution in [3.05, 3.63) is 64.7 Å². The zero-order valence-corrected chi connectivity index (χ0v) is 17.4. The zero-order chi connectivity index (χ0) is 21.2. The summed E-state index contributed by atoms with van der Waals surface area (Å²) >= 11 is 10.8. The van der Waals surface area contributed by atoms with E-state index in [4.69, 9.17) is 33.3 Å². The molecule has 0 aromatic heterocycles. The van der Waals surface area contributed by atoms with Crippen molar-refractivity contribution >= 4 is 46.8 Å². The minimum Gasteiger partial charge on any atom is -0.497 e. The molecule has 0 heterocycles. The Balaban J connectivity index is 1.71. The first kappa shape index (κ1) is 22.2. The van der Waals surface area contributed by atoms with Crippen LogP contribution in [0.15, 0.2) is 48.5 Å². The van der Waals surface area contributed by atoms with E-state index in [0.29, 0.717) is 10.8 Å². The Morgan fingerprint density at radius 2 is 1.86 bits per heavy atom. The highest BCUT2D eigenvalue weighted by molar-refractivity contribution is 7.80. The average Bonchev–Trinajstić information content (AvgIpc) is 2.70. The van der Waals surface area contributed by atoms with E-state index in [1.165, 1.54) is 6.08 Å². The molecule has 3 N–H and O–H groups in total. The van der Waals surface area contributed by atoms with E-state index in [9.17, 15) is 9.59 Å². The van der Waals surface area contributed by atoms with Crippen LogP contribution in [-0.4, -0.2) is 30.6 Å². The second-order valence-corrected chi connectivity index (χ2v) is 6.64. The third-order valence-electron chi connectivity index (χ3n) is 3.59. The van der Waals surface area contributed by atoms with Crippen LogP contribution in [0.1, 0.15) is 11.1 Å². The van der Waals surface area contributed by atoms with Gasteiger partial charge < -0.3 is 9.47 Å². The lowest BCUT2D eigenvalue weighted by Crippen LogP contribution is -2.49. The number of methoxy groups -OCH3 is 1. The summed E-state index contributed by atoms with van der Waals surface area (Å²) in [4.78, 5) is 23.7. The van der Waals surface area contributed by atoms with Crippen LogP contribution >= 0.6 is 23.8 Å². The molecule has 0 aliphatic carbocycles. The molecule has 0 saturated carbocycles. The maximum atomic E-state index is 11.9. The van der Waals surface area contributed by atoms with Crippen LogP contribution in [0.2, 0.25) is 5.02 Å². The van der Waals surface area contributed by atoms with Gasteiger partial charge in [-0.1, -0.05) is 23.7 Å². The van der Waals surface area contributed by atoms with Crippen molar-refractivity contribution < 1.29 is 19.1 Å². The van der Waals surface area contributed by atoms with Gasteiger partial charge in [0, 0.05) is 11.1 Å². The largest absolute Gasteiger partial charge is 0.497 e. The van der Waals surface area contributed by atoms with Crippen LogP contribution < -0.4 is 25.6 Å². The summed E-state index contributed by atoms with van der Waals surface area (Å²) in [6.07, 6.45) is 2.95. The number of nitrogens with one attached hydrogen (secondary N) is 3.